The number of rotatable bonds is 7. The van der Waals surface area contributed by atoms with Crippen molar-refractivity contribution in [2.45, 2.75) is 77.0 Å². The molecule has 2 nitrogen and oxygen atoms in total. The zero-order chi connectivity index (χ0) is 45.1. The van der Waals surface area contributed by atoms with Gasteiger partial charge in [-0.05, 0) is 174 Å². The summed E-state index contributed by atoms with van der Waals surface area (Å²) >= 11 is 0. The standard InChI is InChI=1S/C64H54N2/c1-61(2)47-33-34-48-56-55(47)57-53-49(61)35-40(39-29-31-45(32-30-39)65(41-21-13-9-14-22-41)42-23-15-10-16-24-42)36-50(53)63(5,6)59(57)60-58(56)54-51(62(48,3)4)37-46(38-52(54)64(60,7)8)66(43-25-17-11-18-26-43)44-27-19-12-20-28-44/h9-38H,1-8H3. The Labute approximate surface area is 389 Å². The van der Waals surface area contributed by atoms with Crippen LogP contribution in [-0.4, -0.2) is 0 Å². The molecule has 9 aromatic rings. The van der Waals surface area contributed by atoms with Crippen LogP contribution >= 0.6 is 0 Å². The van der Waals surface area contributed by atoms with E-state index in [1.54, 1.807) is 0 Å². The molecule has 0 aliphatic heterocycles. The minimum absolute atomic E-state index is 0.216. The van der Waals surface area contributed by atoms with E-state index in [9.17, 15) is 0 Å². The zero-order valence-corrected chi connectivity index (χ0v) is 39.2. The maximum absolute atomic E-state index is 2.56. The van der Waals surface area contributed by atoms with Gasteiger partial charge in [0.1, 0.15) is 0 Å². The average molecular weight is 851 g/mol. The first-order valence-electron chi connectivity index (χ1n) is 23.8. The van der Waals surface area contributed by atoms with Gasteiger partial charge in [-0.15, -0.1) is 0 Å². The fourth-order valence-corrected chi connectivity index (χ4v) is 13.1. The Balaban J connectivity index is 1.03. The van der Waals surface area contributed by atoms with Gasteiger partial charge in [-0.3, -0.25) is 0 Å². The van der Waals surface area contributed by atoms with Gasteiger partial charge >= 0.3 is 0 Å². The molecule has 320 valence electrons. The van der Waals surface area contributed by atoms with E-state index in [-0.39, 0.29) is 21.7 Å². The van der Waals surface area contributed by atoms with Crippen molar-refractivity contribution in [1.29, 1.82) is 0 Å². The van der Waals surface area contributed by atoms with E-state index in [2.05, 4.69) is 247 Å². The molecule has 4 aliphatic rings. The van der Waals surface area contributed by atoms with Crippen molar-refractivity contribution in [3.05, 3.63) is 226 Å². The molecule has 0 N–H and O–H groups in total. The predicted octanol–water partition coefficient (Wildman–Crippen LogP) is 17.3. The monoisotopic (exact) mass is 850 g/mol. The minimum atomic E-state index is -0.253. The molecule has 0 unspecified atom stereocenters. The van der Waals surface area contributed by atoms with E-state index in [4.69, 9.17) is 0 Å². The van der Waals surface area contributed by atoms with Crippen LogP contribution in [-0.2, 0) is 21.7 Å². The van der Waals surface area contributed by atoms with E-state index in [0.29, 0.717) is 0 Å². The van der Waals surface area contributed by atoms with Gasteiger partial charge in [0, 0.05) is 55.8 Å². The maximum atomic E-state index is 2.56. The van der Waals surface area contributed by atoms with Gasteiger partial charge in [0.25, 0.3) is 0 Å². The Morgan fingerprint density at radius 1 is 0.258 bits per heavy atom. The number of hydrogen-bond donors (Lipinski definition) is 0. The lowest BCUT2D eigenvalue weighted by Gasteiger charge is -2.41. The summed E-state index contributed by atoms with van der Waals surface area (Å²) in [5.41, 5.74) is 26.2. The molecule has 0 amide bonds. The molecule has 0 heterocycles. The summed E-state index contributed by atoms with van der Waals surface area (Å²) in [6.07, 6.45) is 0. The molecule has 4 aliphatic carbocycles. The SMILES string of the molecule is CC1(C)c2cc(-c3ccc(N(c4ccccc4)c4ccccc4)cc3)cc3c2-c2c1c1c4c5c(ccc(c25)C3(C)C)C(C)(C)c2cc(N(c3ccccc3)c3ccccc3)cc(c2-4)C1(C)C. The molecule has 0 atom stereocenters. The molecule has 0 aromatic heterocycles. The maximum Gasteiger partial charge on any atom is 0.0468 e. The summed E-state index contributed by atoms with van der Waals surface area (Å²) in [5.74, 6) is 0. The quantitative estimate of drug-likeness (QED) is 0.158. The predicted molar refractivity (Wildman–Crippen MR) is 278 cm³/mol. The lowest BCUT2D eigenvalue weighted by molar-refractivity contribution is 0.600. The first kappa shape index (κ1) is 39.2. The van der Waals surface area contributed by atoms with Crippen molar-refractivity contribution in [2.24, 2.45) is 0 Å². The Hall–Kier alpha value is -7.16. The molecule has 66 heavy (non-hydrogen) atoms. The van der Waals surface area contributed by atoms with Gasteiger partial charge in [0.2, 0.25) is 0 Å². The van der Waals surface area contributed by atoms with Crippen molar-refractivity contribution in [1.82, 2.24) is 0 Å². The topological polar surface area (TPSA) is 6.48 Å². The summed E-state index contributed by atoms with van der Waals surface area (Å²) in [6.45, 7) is 20.0. The van der Waals surface area contributed by atoms with E-state index in [1.807, 2.05) is 0 Å². The van der Waals surface area contributed by atoms with Crippen molar-refractivity contribution in [2.75, 3.05) is 9.80 Å². The summed E-state index contributed by atoms with van der Waals surface area (Å²) in [7, 11) is 0. The Bertz CT molecular complexity index is 3410. The minimum Gasteiger partial charge on any atom is -0.311 e. The third-order valence-electron chi connectivity index (χ3n) is 16.3. The molecule has 0 spiro atoms. The molecule has 0 saturated carbocycles. The number of hydrogen-bond acceptors (Lipinski definition) is 2. The molecular weight excluding hydrogens is 797 g/mol. The van der Waals surface area contributed by atoms with E-state index < -0.39 is 0 Å². The van der Waals surface area contributed by atoms with Gasteiger partial charge in [0.05, 0.1) is 0 Å². The summed E-state index contributed by atoms with van der Waals surface area (Å²) in [4.78, 5) is 4.81. The van der Waals surface area contributed by atoms with Crippen LogP contribution in [0.25, 0.3) is 44.2 Å². The number of benzene rings is 9. The van der Waals surface area contributed by atoms with Crippen LogP contribution in [0.5, 0.6) is 0 Å². The van der Waals surface area contributed by atoms with Crippen LogP contribution in [0.4, 0.5) is 34.1 Å². The van der Waals surface area contributed by atoms with Crippen LogP contribution < -0.4 is 9.80 Å². The molecule has 13 rings (SSSR count). The highest BCUT2D eigenvalue weighted by Crippen LogP contribution is 2.70. The number of fused-ring (bicyclic) bond motifs is 1. The highest BCUT2D eigenvalue weighted by Gasteiger charge is 2.54. The zero-order valence-electron chi connectivity index (χ0n) is 39.2. The molecule has 0 radical (unpaired) electrons. The van der Waals surface area contributed by atoms with Gasteiger partial charge in [0.15, 0.2) is 0 Å². The Kier molecular flexibility index (Phi) is 7.86. The van der Waals surface area contributed by atoms with E-state index in [0.717, 1.165) is 17.1 Å². The second-order valence-corrected chi connectivity index (χ2v) is 21.3. The number of nitrogens with zero attached hydrogens (tertiary/aromatic N) is 2. The molecule has 0 bridgehead atoms. The fraction of sp³-hybridized carbons (Fsp3) is 0.188. The van der Waals surface area contributed by atoms with Gasteiger partial charge in [-0.2, -0.15) is 0 Å². The van der Waals surface area contributed by atoms with Crippen LogP contribution in [0.3, 0.4) is 0 Å². The molecule has 0 fully saturated rings. The van der Waals surface area contributed by atoms with Crippen LogP contribution in [0.1, 0.15) is 99.9 Å². The van der Waals surface area contributed by atoms with Gasteiger partial charge < -0.3 is 9.80 Å². The lowest BCUT2D eigenvalue weighted by atomic mass is 9.62. The van der Waals surface area contributed by atoms with Crippen LogP contribution in [0, 0.1) is 0 Å². The Morgan fingerprint density at radius 2 is 0.576 bits per heavy atom. The first-order chi connectivity index (χ1) is 31.8. The summed E-state index contributed by atoms with van der Waals surface area (Å²) in [5, 5.41) is 2.98. The normalized spacial score (nSPS) is 16.4. The molecular formula is C64H54N2. The second kappa shape index (κ2) is 13.2. The lowest BCUT2D eigenvalue weighted by Crippen LogP contribution is -2.28. The number of anilines is 6. The smallest absolute Gasteiger partial charge is 0.0468 e. The van der Waals surface area contributed by atoms with Crippen molar-refractivity contribution in [3.63, 3.8) is 0 Å². The van der Waals surface area contributed by atoms with Crippen molar-refractivity contribution in [3.8, 4) is 33.4 Å². The van der Waals surface area contributed by atoms with Crippen molar-refractivity contribution >= 4 is 44.9 Å². The summed E-state index contributed by atoms with van der Waals surface area (Å²) in [6, 6.07) is 67.7. The highest BCUT2D eigenvalue weighted by molar-refractivity contribution is 6.19. The fourth-order valence-electron chi connectivity index (χ4n) is 13.1. The van der Waals surface area contributed by atoms with Crippen LogP contribution in [0.2, 0.25) is 0 Å². The number of para-hydroxylation sites is 4. The molecule has 2 heteroatoms. The van der Waals surface area contributed by atoms with Crippen LogP contribution in [0.15, 0.2) is 182 Å². The van der Waals surface area contributed by atoms with E-state index >= 15 is 0 Å². The first-order valence-corrected chi connectivity index (χ1v) is 23.8. The largest absolute Gasteiger partial charge is 0.311 e. The average Bonchev–Trinajstić information content (AvgIpc) is 3.71. The third-order valence-corrected chi connectivity index (χ3v) is 16.3. The van der Waals surface area contributed by atoms with Gasteiger partial charge in [-0.1, -0.05) is 152 Å². The second-order valence-electron chi connectivity index (χ2n) is 21.3. The third kappa shape index (κ3) is 5.02. The molecule has 0 saturated heterocycles. The highest BCUT2D eigenvalue weighted by atomic mass is 15.1. The van der Waals surface area contributed by atoms with Gasteiger partial charge in [-0.25, -0.2) is 0 Å². The van der Waals surface area contributed by atoms with Crippen molar-refractivity contribution < 1.29 is 0 Å². The Morgan fingerprint density at radius 3 is 0.970 bits per heavy atom. The van der Waals surface area contributed by atoms with E-state index in [1.165, 1.54) is 106 Å². The summed E-state index contributed by atoms with van der Waals surface area (Å²) < 4.78 is 0. The molecule has 9 aromatic carbocycles.